The van der Waals surface area contributed by atoms with Crippen molar-refractivity contribution in [2.75, 3.05) is 12.5 Å². The number of hydrazine groups is 1. The normalized spacial score (nSPS) is 10.4. The summed E-state index contributed by atoms with van der Waals surface area (Å²) in [6, 6.07) is 0. The maximum atomic E-state index is 5.18. The molecular weight excluding hydrogens is 142 g/mol. The van der Waals surface area contributed by atoms with Crippen LogP contribution in [0.3, 0.4) is 0 Å². The third kappa shape index (κ3) is 1.71. The highest BCUT2D eigenvalue weighted by atomic mass is 15.3. The van der Waals surface area contributed by atoms with Crippen molar-refractivity contribution < 1.29 is 0 Å². The van der Waals surface area contributed by atoms with Crippen LogP contribution < -0.4 is 11.3 Å². The largest absolute Gasteiger partial charge is 0.308 e. The first-order chi connectivity index (χ1) is 5.38. The van der Waals surface area contributed by atoms with Gasteiger partial charge in [0.25, 0.3) is 0 Å². The molecule has 0 bridgehead atoms. The van der Waals surface area contributed by atoms with Gasteiger partial charge in [-0.2, -0.15) is 0 Å². The van der Waals surface area contributed by atoms with Crippen molar-refractivity contribution in [3.8, 4) is 0 Å². The SMILES string of the molecule is C/N=C/c1cncnc1NN. The van der Waals surface area contributed by atoms with Crippen LogP contribution in [-0.4, -0.2) is 23.2 Å². The lowest BCUT2D eigenvalue weighted by Crippen LogP contribution is -2.11. The third-order valence-corrected chi connectivity index (χ3v) is 1.15. The van der Waals surface area contributed by atoms with Crippen molar-refractivity contribution in [2.45, 2.75) is 0 Å². The molecule has 1 heterocycles. The molecule has 0 fully saturated rings. The van der Waals surface area contributed by atoms with E-state index in [1.165, 1.54) is 6.33 Å². The Bertz CT molecular complexity index is 257. The molecule has 0 spiro atoms. The molecule has 0 aliphatic heterocycles. The van der Waals surface area contributed by atoms with Crippen LogP contribution in [0.1, 0.15) is 5.56 Å². The van der Waals surface area contributed by atoms with E-state index in [9.17, 15) is 0 Å². The summed E-state index contributed by atoms with van der Waals surface area (Å²) in [6.07, 6.45) is 4.69. The number of aromatic nitrogens is 2. The van der Waals surface area contributed by atoms with E-state index in [2.05, 4.69) is 20.4 Å². The Morgan fingerprint density at radius 2 is 2.55 bits per heavy atom. The minimum atomic E-state index is 0.575. The lowest BCUT2D eigenvalue weighted by Gasteiger charge is -1.99. The topological polar surface area (TPSA) is 76.2 Å². The van der Waals surface area contributed by atoms with Gasteiger partial charge in [-0.3, -0.25) is 4.99 Å². The standard InChI is InChI=1S/C6H9N5/c1-8-2-5-3-9-4-10-6(5)11-7/h2-4H,7H2,1H3,(H,9,10,11)/b8-2+. The predicted octanol–water partition coefficient (Wildman–Crippen LogP) is -0.189. The number of nitrogens with zero attached hydrogens (tertiary/aromatic N) is 3. The van der Waals surface area contributed by atoms with Crippen molar-refractivity contribution in [3.63, 3.8) is 0 Å². The van der Waals surface area contributed by atoms with E-state index in [0.29, 0.717) is 5.82 Å². The van der Waals surface area contributed by atoms with E-state index in [4.69, 9.17) is 5.84 Å². The van der Waals surface area contributed by atoms with E-state index >= 15 is 0 Å². The third-order valence-electron chi connectivity index (χ3n) is 1.15. The Balaban J connectivity index is 3.02. The first-order valence-electron chi connectivity index (χ1n) is 3.07. The highest BCUT2D eigenvalue weighted by molar-refractivity contribution is 5.85. The lowest BCUT2D eigenvalue weighted by molar-refractivity contribution is 1.13. The summed E-state index contributed by atoms with van der Waals surface area (Å²) >= 11 is 0. The lowest BCUT2D eigenvalue weighted by atomic mass is 10.3. The van der Waals surface area contributed by atoms with Gasteiger partial charge in [-0.1, -0.05) is 0 Å². The number of anilines is 1. The quantitative estimate of drug-likeness (QED) is 0.349. The van der Waals surface area contributed by atoms with Gasteiger partial charge in [-0.05, 0) is 0 Å². The zero-order valence-electron chi connectivity index (χ0n) is 6.15. The minimum Gasteiger partial charge on any atom is -0.308 e. The second-order valence-electron chi connectivity index (χ2n) is 1.86. The Morgan fingerprint density at radius 3 is 3.18 bits per heavy atom. The number of nitrogens with two attached hydrogens (primary N) is 1. The summed E-state index contributed by atoms with van der Waals surface area (Å²) in [5, 5.41) is 0. The first-order valence-corrected chi connectivity index (χ1v) is 3.07. The van der Waals surface area contributed by atoms with Crippen molar-refractivity contribution in [1.82, 2.24) is 9.97 Å². The number of hydrogen-bond donors (Lipinski definition) is 2. The van der Waals surface area contributed by atoms with E-state index in [1.807, 2.05) is 0 Å². The molecule has 1 aromatic rings. The molecule has 0 amide bonds. The molecule has 0 aliphatic carbocycles. The molecule has 1 rings (SSSR count). The van der Waals surface area contributed by atoms with Crippen LogP contribution in [0.4, 0.5) is 5.82 Å². The molecule has 0 atom stereocenters. The maximum absolute atomic E-state index is 5.18. The second-order valence-corrected chi connectivity index (χ2v) is 1.86. The fourth-order valence-corrected chi connectivity index (χ4v) is 0.695. The Hall–Kier alpha value is -1.49. The Kier molecular flexibility index (Phi) is 2.51. The summed E-state index contributed by atoms with van der Waals surface area (Å²) in [7, 11) is 1.67. The average molecular weight is 151 g/mol. The molecule has 0 aliphatic rings. The summed E-state index contributed by atoms with van der Waals surface area (Å²) < 4.78 is 0. The van der Waals surface area contributed by atoms with Crippen molar-refractivity contribution in [1.29, 1.82) is 0 Å². The molecule has 0 aromatic carbocycles. The van der Waals surface area contributed by atoms with Gasteiger partial charge in [-0.15, -0.1) is 0 Å². The van der Waals surface area contributed by atoms with Crippen molar-refractivity contribution >= 4 is 12.0 Å². The average Bonchev–Trinajstić information content (AvgIpc) is 2.06. The fraction of sp³-hybridized carbons (Fsp3) is 0.167. The smallest absolute Gasteiger partial charge is 0.152 e. The van der Waals surface area contributed by atoms with Gasteiger partial charge in [0.15, 0.2) is 5.82 Å². The Labute approximate surface area is 64.4 Å². The highest BCUT2D eigenvalue weighted by Gasteiger charge is 1.96. The first kappa shape index (κ1) is 7.62. The van der Waals surface area contributed by atoms with Crippen LogP contribution in [0.2, 0.25) is 0 Å². The molecular formula is C6H9N5. The summed E-state index contributed by atoms with van der Waals surface area (Å²) in [5.74, 6) is 5.75. The van der Waals surface area contributed by atoms with Gasteiger partial charge in [0.05, 0.1) is 5.56 Å². The van der Waals surface area contributed by atoms with Crippen LogP contribution in [0, 0.1) is 0 Å². The summed E-state index contributed by atoms with van der Waals surface area (Å²) in [6.45, 7) is 0. The molecule has 0 saturated carbocycles. The molecule has 0 unspecified atom stereocenters. The molecule has 5 nitrogen and oxygen atoms in total. The van der Waals surface area contributed by atoms with E-state index in [1.54, 1.807) is 19.5 Å². The molecule has 1 aromatic heterocycles. The molecule has 5 heteroatoms. The number of rotatable bonds is 2. The number of aliphatic imine (C=N–C) groups is 1. The van der Waals surface area contributed by atoms with Gasteiger partial charge in [0.1, 0.15) is 6.33 Å². The molecule has 0 saturated heterocycles. The van der Waals surface area contributed by atoms with Crippen molar-refractivity contribution in [2.24, 2.45) is 10.8 Å². The van der Waals surface area contributed by atoms with Gasteiger partial charge in [0.2, 0.25) is 0 Å². The highest BCUT2D eigenvalue weighted by Crippen LogP contribution is 2.03. The molecule has 58 valence electrons. The summed E-state index contributed by atoms with van der Waals surface area (Å²) in [4.78, 5) is 11.5. The van der Waals surface area contributed by atoms with E-state index < -0.39 is 0 Å². The number of nitrogens with one attached hydrogen (secondary N) is 1. The van der Waals surface area contributed by atoms with Crippen molar-refractivity contribution in [3.05, 3.63) is 18.1 Å². The van der Waals surface area contributed by atoms with Crippen LogP contribution in [0.25, 0.3) is 0 Å². The van der Waals surface area contributed by atoms with E-state index in [0.717, 1.165) is 5.56 Å². The zero-order valence-corrected chi connectivity index (χ0v) is 6.15. The Morgan fingerprint density at radius 1 is 1.73 bits per heavy atom. The van der Waals surface area contributed by atoms with Crippen LogP contribution in [-0.2, 0) is 0 Å². The minimum absolute atomic E-state index is 0.575. The van der Waals surface area contributed by atoms with Gasteiger partial charge in [-0.25, -0.2) is 15.8 Å². The fourth-order valence-electron chi connectivity index (χ4n) is 0.695. The molecule has 3 N–H and O–H groups in total. The maximum Gasteiger partial charge on any atom is 0.152 e. The monoisotopic (exact) mass is 151 g/mol. The van der Waals surface area contributed by atoms with Crippen LogP contribution in [0.15, 0.2) is 17.5 Å². The molecule has 11 heavy (non-hydrogen) atoms. The second kappa shape index (κ2) is 3.62. The van der Waals surface area contributed by atoms with E-state index in [-0.39, 0.29) is 0 Å². The zero-order chi connectivity index (χ0) is 8.10. The van der Waals surface area contributed by atoms with Gasteiger partial charge >= 0.3 is 0 Å². The number of hydrogen-bond acceptors (Lipinski definition) is 5. The summed E-state index contributed by atoms with van der Waals surface area (Å²) in [5.41, 5.74) is 3.21. The van der Waals surface area contributed by atoms with Gasteiger partial charge in [0, 0.05) is 19.5 Å². The van der Waals surface area contributed by atoms with Crippen LogP contribution >= 0.6 is 0 Å². The predicted molar refractivity (Wildman–Crippen MR) is 43.4 cm³/mol. The number of nitrogen functional groups attached to an aromatic ring is 1. The van der Waals surface area contributed by atoms with Crippen LogP contribution in [0.5, 0.6) is 0 Å². The van der Waals surface area contributed by atoms with Gasteiger partial charge < -0.3 is 5.43 Å². The molecule has 0 radical (unpaired) electrons.